The highest BCUT2D eigenvalue weighted by Crippen LogP contribution is 2.44. The van der Waals surface area contributed by atoms with E-state index in [-0.39, 0.29) is 23.4 Å². The van der Waals surface area contributed by atoms with Gasteiger partial charge in [0.05, 0.1) is 42.3 Å². The third-order valence-corrected chi connectivity index (χ3v) is 12.3. The minimum Gasteiger partial charge on any atom is -0.496 e. The Morgan fingerprint density at radius 2 is 2.03 bits per heavy atom. The third-order valence-electron chi connectivity index (χ3n) is 8.08. The van der Waals surface area contributed by atoms with Crippen molar-refractivity contribution in [1.29, 1.82) is 0 Å². The summed E-state index contributed by atoms with van der Waals surface area (Å²) in [5.74, 6) is 2.83. The van der Waals surface area contributed by atoms with Crippen LogP contribution in [-0.2, 0) is 16.0 Å². The fourth-order valence-electron chi connectivity index (χ4n) is 5.51. The molecule has 3 heterocycles. The van der Waals surface area contributed by atoms with Crippen LogP contribution in [0.3, 0.4) is 0 Å². The molecule has 0 unspecified atom stereocenters. The fraction of sp³-hybridized carbons (Fsp3) is 0.690. The predicted molar refractivity (Wildman–Crippen MR) is 167 cm³/mol. The Kier molecular flexibility index (Phi) is 10.1. The highest BCUT2D eigenvalue weighted by atomic mass is 32.2. The Bertz CT molecular complexity index is 1110. The maximum atomic E-state index is 12.3. The molecule has 0 radical (unpaired) electrons. The van der Waals surface area contributed by atoms with E-state index in [9.17, 15) is 9.90 Å². The van der Waals surface area contributed by atoms with Crippen molar-refractivity contribution in [2.75, 3.05) is 38.5 Å². The lowest BCUT2D eigenvalue weighted by atomic mass is 9.83. The number of esters is 1. The highest BCUT2D eigenvalue weighted by molar-refractivity contribution is 8.15. The molecular formula is C29H43N3O4S3. The number of aryl methyl sites for hydroxylation is 1. The van der Waals surface area contributed by atoms with E-state index in [1.807, 2.05) is 43.4 Å². The molecule has 0 spiro atoms. The second-order valence-electron chi connectivity index (χ2n) is 11.4. The summed E-state index contributed by atoms with van der Waals surface area (Å²) in [7, 11) is 5.24. The summed E-state index contributed by atoms with van der Waals surface area (Å²) in [6.07, 6.45) is 3.97. The van der Waals surface area contributed by atoms with Gasteiger partial charge < -0.3 is 14.6 Å². The van der Waals surface area contributed by atoms with E-state index in [1.165, 1.54) is 25.5 Å². The number of rotatable bonds is 11. The van der Waals surface area contributed by atoms with Crippen molar-refractivity contribution in [3.8, 4) is 5.75 Å². The Balaban J connectivity index is 1.50. The lowest BCUT2D eigenvalue weighted by molar-refractivity contribution is -0.145. The van der Waals surface area contributed by atoms with Gasteiger partial charge in [0.15, 0.2) is 5.54 Å². The Morgan fingerprint density at radius 3 is 2.72 bits per heavy atom. The van der Waals surface area contributed by atoms with Crippen molar-refractivity contribution in [1.82, 2.24) is 4.90 Å². The summed E-state index contributed by atoms with van der Waals surface area (Å²) in [6, 6.07) is 6.42. The molecule has 39 heavy (non-hydrogen) atoms. The molecule has 4 rings (SSSR count). The highest BCUT2D eigenvalue weighted by Gasteiger charge is 2.50. The summed E-state index contributed by atoms with van der Waals surface area (Å²) in [4.78, 5) is 24.6. The lowest BCUT2D eigenvalue weighted by Crippen LogP contribution is -2.51. The first-order valence-corrected chi connectivity index (χ1v) is 16.8. The topological polar surface area (TPSA) is 83.7 Å². The van der Waals surface area contributed by atoms with Crippen molar-refractivity contribution in [2.24, 2.45) is 15.4 Å². The number of unbranched alkanes of at least 4 members (excludes halogenated alkanes) is 2. The van der Waals surface area contributed by atoms with E-state index in [0.29, 0.717) is 5.75 Å². The molecule has 1 aromatic carbocycles. The number of likely N-dealkylation sites (N-methyl/N-ethyl adjacent to an activating group) is 1. The summed E-state index contributed by atoms with van der Waals surface area (Å²) in [5, 5.41) is 13.7. The number of aliphatic imine (C=N–C) groups is 2. The van der Waals surface area contributed by atoms with Gasteiger partial charge in [-0.05, 0) is 38.4 Å². The second kappa shape index (κ2) is 12.8. The number of carbonyl (C=O) groups excluding carboxylic acids is 1. The molecule has 1 aromatic rings. The van der Waals surface area contributed by atoms with E-state index >= 15 is 0 Å². The summed E-state index contributed by atoms with van der Waals surface area (Å²) in [5.41, 5.74) is 0.974. The number of nitrogens with zero attached hydrogens (tertiary/aromatic N) is 3. The van der Waals surface area contributed by atoms with Crippen LogP contribution in [-0.4, -0.2) is 93.7 Å². The van der Waals surface area contributed by atoms with Gasteiger partial charge in [0.1, 0.15) is 10.8 Å². The van der Waals surface area contributed by atoms with Crippen molar-refractivity contribution < 1.29 is 19.4 Å². The van der Waals surface area contributed by atoms with Crippen LogP contribution in [0.5, 0.6) is 5.75 Å². The number of benzene rings is 1. The minimum atomic E-state index is -0.898. The van der Waals surface area contributed by atoms with Crippen LogP contribution < -0.4 is 4.74 Å². The quantitative estimate of drug-likeness (QED) is 0.279. The van der Waals surface area contributed by atoms with Crippen molar-refractivity contribution in [2.45, 2.75) is 82.5 Å². The summed E-state index contributed by atoms with van der Waals surface area (Å²) < 4.78 is 10.8. The van der Waals surface area contributed by atoms with Crippen LogP contribution in [0.2, 0.25) is 0 Å². The zero-order valence-corrected chi connectivity index (χ0v) is 26.7. The third kappa shape index (κ3) is 6.20. The van der Waals surface area contributed by atoms with Crippen LogP contribution in [0.1, 0.15) is 58.1 Å². The molecule has 3 aliphatic heterocycles. The molecule has 1 N–H and O–H groups in total. The SMILES string of the molecule is CCCCCc1cccc(OC)c1C1=N[C@@H]([C@H]2SC[C@@H]([C@@H](O)C(C)(C)C3=N[C@@](C)(C(=O)OC)CS3)N2C)CS1. The fourth-order valence-corrected chi connectivity index (χ4v) is 9.75. The van der Waals surface area contributed by atoms with Gasteiger partial charge in [-0.1, -0.05) is 45.7 Å². The largest absolute Gasteiger partial charge is 0.496 e. The normalized spacial score (nSPS) is 28.4. The van der Waals surface area contributed by atoms with Gasteiger partial charge >= 0.3 is 5.97 Å². The monoisotopic (exact) mass is 593 g/mol. The minimum absolute atomic E-state index is 0.0385. The predicted octanol–water partition coefficient (Wildman–Crippen LogP) is 5.13. The lowest BCUT2D eigenvalue weighted by Gasteiger charge is -2.38. The number of hydrogen-bond acceptors (Lipinski definition) is 10. The van der Waals surface area contributed by atoms with Gasteiger partial charge in [0, 0.05) is 28.7 Å². The van der Waals surface area contributed by atoms with E-state index < -0.39 is 17.1 Å². The average Bonchev–Trinajstić information content (AvgIpc) is 3.66. The van der Waals surface area contributed by atoms with E-state index in [2.05, 4.69) is 31.0 Å². The number of methoxy groups -OCH3 is 2. The maximum absolute atomic E-state index is 12.3. The summed E-state index contributed by atoms with van der Waals surface area (Å²) in [6.45, 7) is 8.09. The molecule has 5 atom stereocenters. The number of carbonyl (C=O) groups is 1. The number of hydrogen-bond donors (Lipinski definition) is 1. The molecule has 1 fully saturated rings. The average molecular weight is 594 g/mol. The first-order chi connectivity index (χ1) is 18.6. The van der Waals surface area contributed by atoms with E-state index in [1.54, 1.807) is 25.8 Å². The van der Waals surface area contributed by atoms with Crippen molar-refractivity contribution >= 4 is 51.3 Å². The zero-order chi connectivity index (χ0) is 28.4. The zero-order valence-electron chi connectivity index (χ0n) is 24.2. The first-order valence-electron chi connectivity index (χ1n) is 13.8. The van der Waals surface area contributed by atoms with E-state index in [4.69, 9.17) is 19.5 Å². The molecule has 216 valence electrons. The van der Waals surface area contributed by atoms with Crippen LogP contribution in [0.25, 0.3) is 0 Å². The Hall–Kier alpha value is -1.20. The molecule has 0 aliphatic carbocycles. The molecule has 7 nitrogen and oxygen atoms in total. The standard InChI is InChI=1S/C29H43N3O4S3/c1-8-9-10-12-18-13-11-14-21(35-6)22(18)24-30-19(15-37-24)25-32(5)20(16-38-25)23(33)28(2,3)26-31-29(4,17-39-26)27(34)36-7/h11,13-14,19-20,23,25,33H,8-10,12,15-17H2,1-7H3/t19-,20+,23-,25-,29-/m1/s1. The maximum Gasteiger partial charge on any atom is 0.334 e. The molecule has 0 amide bonds. The molecule has 1 saturated heterocycles. The van der Waals surface area contributed by atoms with Crippen molar-refractivity contribution in [3.05, 3.63) is 29.3 Å². The molecule has 0 aromatic heterocycles. The van der Waals surface area contributed by atoms with Crippen molar-refractivity contribution in [3.63, 3.8) is 0 Å². The second-order valence-corrected chi connectivity index (χ2v) is 14.5. The molecule has 0 bridgehead atoms. The van der Waals surface area contributed by atoms with Gasteiger partial charge in [0.2, 0.25) is 0 Å². The first kappa shape index (κ1) is 30.8. The van der Waals surface area contributed by atoms with E-state index in [0.717, 1.165) is 45.7 Å². The number of aliphatic hydroxyl groups is 1. The van der Waals surface area contributed by atoms with Crippen LogP contribution in [0.4, 0.5) is 0 Å². The Labute approximate surface area is 246 Å². The van der Waals surface area contributed by atoms with Gasteiger partial charge in [-0.15, -0.1) is 35.3 Å². The molecular weight excluding hydrogens is 551 g/mol. The smallest absolute Gasteiger partial charge is 0.334 e. The number of ether oxygens (including phenoxy) is 2. The van der Waals surface area contributed by atoms with Crippen LogP contribution in [0.15, 0.2) is 28.2 Å². The number of aliphatic hydroxyl groups excluding tert-OH is 1. The van der Waals surface area contributed by atoms with Gasteiger partial charge in [-0.3, -0.25) is 14.9 Å². The Morgan fingerprint density at radius 1 is 1.26 bits per heavy atom. The van der Waals surface area contributed by atoms with Crippen LogP contribution >= 0.6 is 35.3 Å². The summed E-state index contributed by atoms with van der Waals surface area (Å²) >= 11 is 5.24. The molecule has 10 heteroatoms. The van der Waals surface area contributed by atoms with Gasteiger partial charge in [-0.25, -0.2) is 4.79 Å². The van der Waals surface area contributed by atoms with Crippen LogP contribution in [0, 0.1) is 5.41 Å². The van der Waals surface area contributed by atoms with Gasteiger partial charge in [-0.2, -0.15) is 0 Å². The molecule has 0 saturated carbocycles. The molecule has 3 aliphatic rings. The van der Waals surface area contributed by atoms with Gasteiger partial charge in [0.25, 0.3) is 0 Å². The number of thioether (sulfide) groups is 3.